The number of carbonyl (C=O) groups is 3. The summed E-state index contributed by atoms with van der Waals surface area (Å²) in [6, 6.07) is 4.99. The average molecular weight is 460 g/mol. The number of nitrogens with zero attached hydrogens (tertiary/aromatic N) is 2. The van der Waals surface area contributed by atoms with Crippen LogP contribution in [0, 0.1) is 11.8 Å². The highest BCUT2D eigenvalue weighted by Crippen LogP contribution is 2.29. The van der Waals surface area contributed by atoms with Crippen LogP contribution in [0.1, 0.15) is 56.8 Å². The summed E-state index contributed by atoms with van der Waals surface area (Å²) in [6.07, 6.45) is 3.73. The molecule has 1 aromatic carbocycles. The zero-order valence-corrected chi connectivity index (χ0v) is 20.4. The molecule has 8 nitrogen and oxygen atoms in total. The smallest absolute Gasteiger partial charge is 0.257 e. The van der Waals surface area contributed by atoms with Crippen LogP contribution in [0.2, 0.25) is 0 Å². The zero-order chi connectivity index (χ0) is 24.1. The summed E-state index contributed by atoms with van der Waals surface area (Å²) in [7, 11) is 3.35. The molecule has 3 amide bonds. The van der Waals surface area contributed by atoms with Crippen molar-refractivity contribution in [3.8, 4) is 5.75 Å². The quantitative estimate of drug-likeness (QED) is 0.750. The first-order chi connectivity index (χ1) is 15.7. The van der Waals surface area contributed by atoms with Crippen LogP contribution in [-0.4, -0.2) is 73.5 Å². The summed E-state index contributed by atoms with van der Waals surface area (Å²) >= 11 is 0. The Balaban J connectivity index is 1.91. The maximum Gasteiger partial charge on any atom is 0.257 e. The van der Waals surface area contributed by atoms with E-state index in [0.29, 0.717) is 30.1 Å². The first kappa shape index (κ1) is 25.0. The highest BCUT2D eigenvalue weighted by molar-refractivity contribution is 5.99. The Morgan fingerprint density at radius 2 is 1.85 bits per heavy atom. The van der Waals surface area contributed by atoms with Gasteiger partial charge in [-0.25, -0.2) is 0 Å². The largest absolute Gasteiger partial charge is 0.491 e. The molecule has 3 rings (SSSR count). The number of anilines is 1. The second-order valence-corrected chi connectivity index (χ2v) is 9.45. The van der Waals surface area contributed by atoms with Crippen molar-refractivity contribution in [2.75, 3.05) is 39.2 Å². The number of amides is 3. The molecule has 1 fully saturated rings. The Labute approximate surface area is 196 Å². The molecule has 33 heavy (non-hydrogen) atoms. The molecular formula is C25H37N3O5. The minimum Gasteiger partial charge on any atom is -0.491 e. The van der Waals surface area contributed by atoms with Gasteiger partial charge >= 0.3 is 0 Å². The van der Waals surface area contributed by atoms with E-state index in [4.69, 9.17) is 9.47 Å². The number of nitrogens with one attached hydrogen (secondary N) is 1. The molecule has 3 atom stereocenters. The number of rotatable bonds is 3. The number of hydrogen-bond acceptors (Lipinski definition) is 5. The van der Waals surface area contributed by atoms with E-state index in [2.05, 4.69) is 5.32 Å². The van der Waals surface area contributed by atoms with Crippen LogP contribution < -0.4 is 10.1 Å². The number of fused-ring (bicyclic) bond motifs is 1. The molecule has 182 valence electrons. The Bertz CT molecular complexity index is 868. The second kappa shape index (κ2) is 11.0. The van der Waals surface area contributed by atoms with Crippen molar-refractivity contribution >= 4 is 23.4 Å². The van der Waals surface area contributed by atoms with Crippen LogP contribution in [0.3, 0.4) is 0 Å². The lowest BCUT2D eigenvalue weighted by Crippen LogP contribution is -2.48. The minimum atomic E-state index is -0.234. The van der Waals surface area contributed by atoms with Gasteiger partial charge in [-0.15, -0.1) is 0 Å². The molecule has 0 aromatic heterocycles. The second-order valence-electron chi connectivity index (χ2n) is 9.45. The molecule has 1 aromatic rings. The average Bonchev–Trinajstić information content (AvgIpc) is 3.33. The van der Waals surface area contributed by atoms with Crippen molar-refractivity contribution in [3.05, 3.63) is 23.8 Å². The van der Waals surface area contributed by atoms with E-state index in [1.54, 1.807) is 49.1 Å². The molecule has 0 radical (unpaired) electrons. The molecule has 1 heterocycles. The van der Waals surface area contributed by atoms with Crippen LogP contribution in [0.25, 0.3) is 0 Å². The van der Waals surface area contributed by atoms with E-state index in [0.717, 1.165) is 25.7 Å². The predicted molar refractivity (Wildman–Crippen MR) is 126 cm³/mol. The number of likely N-dealkylation sites (N-methyl/N-ethyl adjacent to an activating group) is 1. The van der Waals surface area contributed by atoms with Gasteiger partial charge in [0, 0.05) is 51.7 Å². The van der Waals surface area contributed by atoms with Gasteiger partial charge in [0.1, 0.15) is 12.4 Å². The molecule has 1 aliphatic carbocycles. The fraction of sp³-hybridized carbons (Fsp3) is 0.640. The van der Waals surface area contributed by atoms with E-state index >= 15 is 0 Å². The van der Waals surface area contributed by atoms with Gasteiger partial charge < -0.3 is 24.6 Å². The lowest BCUT2D eigenvalue weighted by Gasteiger charge is -2.35. The van der Waals surface area contributed by atoms with Gasteiger partial charge in [0.25, 0.3) is 5.91 Å². The fourth-order valence-electron chi connectivity index (χ4n) is 4.73. The van der Waals surface area contributed by atoms with Gasteiger partial charge in [-0.3, -0.25) is 14.4 Å². The predicted octanol–water partition coefficient (Wildman–Crippen LogP) is 3.17. The minimum absolute atomic E-state index is 0.00122. The first-order valence-corrected chi connectivity index (χ1v) is 11.8. The van der Waals surface area contributed by atoms with E-state index in [-0.39, 0.29) is 48.3 Å². The van der Waals surface area contributed by atoms with Crippen molar-refractivity contribution < 1.29 is 23.9 Å². The number of ether oxygens (including phenoxy) is 2. The Hall–Kier alpha value is -2.61. The SMILES string of the molecule is CO[C@H]1CN(C)C(=O)c2cc(NC(=O)C3CCCC3)ccc2OC[C@H](C)N(C(C)=O)C[C@H]1C. The molecule has 1 N–H and O–H groups in total. The van der Waals surface area contributed by atoms with Crippen LogP contribution in [0.4, 0.5) is 5.69 Å². The summed E-state index contributed by atoms with van der Waals surface area (Å²) in [5, 5.41) is 2.97. The van der Waals surface area contributed by atoms with Crippen LogP contribution in [0.5, 0.6) is 5.75 Å². The summed E-state index contributed by atoms with van der Waals surface area (Å²) in [6.45, 7) is 6.65. The number of carbonyl (C=O) groups excluding carboxylic acids is 3. The standard InChI is InChI=1S/C25H37N3O5/c1-16-13-28(18(3)29)17(2)15-33-22-11-10-20(26-24(30)19-8-6-7-9-19)12-21(22)25(31)27(4)14-23(16)32-5/h10-12,16-17,19,23H,6-9,13-15H2,1-5H3,(H,26,30)/t16-,17+,23+/m1/s1. The van der Waals surface area contributed by atoms with Crippen molar-refractivity contribution in [1.29, 1.82) is 0 Å². The van der Waals surface area contributed by atoms with E-state index in [9.17, 15) is 14.4 Å². The summed E-state index contributed by atoms with van der Waals surface area (Å²) in [5.41, 5.74) is 0.963. The third kappa shape index (κ3) is 6.05. The molecule has 0 unspecified atom stereocenters. The van der Waals surface area contributed by atoms with E-state index in [1.807, 2.05) is 13.8 Å². The zero-order valence-electron chi connectivity index (χ0n) is 20.4. The normalized spacial score (nSPS) is 25.0. The van der Waals surface area contributed by atoms with Crippen molar-refractivity contribution in [2.45, 2.75) is 58.6 Å². The lowest BCUT2D eigenvalue weighted by atomic mass is 10.0. The molecule has 0 bridgehead atoms. The molecule has 0 spiro atoms. The van der Waals surface area contributed by atoms with Crippen LogP contribution in [0.15, 0.2) is 18.2 Å². The monoisotopic (exact) mass is 459 g/mol. The summed E-state index contributed by atoms with van der Waals surface area (Å²) in [4.78, 5) is 41.7. The van der Waals surface area contributed by atoms with Gasteiger partial charge in [0.2, 0.25) is 11.8 Å². The fourth-order valence-corrected chi connectivity index (χ4v) is 4.73. The molecule has 1 aliphatic heterocycles. The third-order valence-electron chi connectivity index (χ3n) is 6.84. The van der Waals surface area contributed by atoms with Crippen LogP contribution in [-0.2, 0) is 14.3 Å². The van der Waals surface area contributed by atoms with Crippen LogP contribution >= 0.6 is 0 Å². The number of hydrogen-bond donors (Lipinski definition) is 1. The summed E-state index contributed by atoms with van der Waals surface area (Å²) in [5.74, 6) is 0.257. The lowest BCUT2D eigenvalue weighted by molar-refractivity contribution is -0.133. The number of benzene rings is 1. The van der Waals surface area contributed by atoms with Crippen molar-refractivity contribution in [3.63, 3.8) is 0 Å². The highest BCUT2D eigenvalue weighted by atomic mass is 16.5. The third-order valence-corrected chi connectivity index (χ3v) is 6.84. The number of methoxy groups -OCH3 is 1. The molecule has 8 heteroatoms. The summed E-state index contributed by atoms with van der Waals surface area (Å²) < 4.78 is 11.7. The van der Waals surface area contributed by atoms with Gasteiger partial charge in [-0.05, 0) is 38.0 Å². The van der Waals surface area contributed by atoms with E-state index < -0.39 is 0 Å². The molecular weight excluding hydrogens is 422 g/mol. The first-order valence-electron chi connectivity index (χ1n) is 11.8. The topological polar surface area (TPSA) is 88.2 Å². The maximum absolute atomic E-state index is 13.4. The maximum atomic E-state index is 13.4. The highest BCUT2D eigenvalue weighted by Gasteiger charge is 2.29. The molecule has 0 saturated heterocycles. The van der Waals surface area contributed by atoms with Gasteiger partial charge in [0.05, 0.1) is 17.7 Å². The van der Waals surface area contributed by atoms with Gasteiger partial charge in [-0.1, -0.05) is 19.8 Å². The molecule has 2 aliphatic rings. The Kier molecular flexibility index (Phi) is 8.35. The Morgan fingerprint density at radius 3 is 2.48 bits per heavy atom. The van der Waals surface area contributed by atoms with Gasteiger partial charge in [-0.2, -0.15) is 0 Å². The molecule has 1 saturated carbocycles. The van der Waals surface area contributed by atoms with E-state index in [1.165, 1.54) is 0 Å². The van der Waals surface area contributed by atoms with Gasteiger partial charge in [0.15, 0.2) is 0 Å². The Morgan fingerprint density at radius 1 is 1.15 bits per heavy atom. The van der Waals surface area contributed by atoms with Crippen molar-refractivity contribution in [2.24, 2.45) is 11.8 Å². The van der Waals surface area contributed by atoms with Crippen molar-refractivity contribution in [1.82, 2.24) is 9.80 Å².